The van der Waals surface area contributed by atoms with Crippen LogP contribution in [0.3, 0.4) is 0 Å². The molecule has 1 N–H and O–H groups in total. The number of alkyl halides is 1. The second kappa shape index (κ2) is 5.54. The van der Waals surface area contributed by atoms with E-state index >= 15 is 0 Å². The van der Waals surface area contributed by atoms with Crippen LogP contribution in [0.2, 0.25) is 0 Å². The van der Waals surface area contributed by atoms with E-state index in [1.807, 2.05) is 27.8 Å². The quantitative estimate of drug-likeness (QED) is 0.823. The van der Waals surface area contributed by atoms with Crippen molar-refractivity contribution in [1.82, 2.24) is 15.1 Å². The minimum Gasteiger partial charge on any atom is -0.345 e. The average Bonchev–Trinajstić information content (AvgIpc) is 2.67. The summed E-state index contributed by atoms with van der Waals surface area (Å²) in [6.45, 7) is 5.94. The molecule has 0 aliphatic heterocycles. The number of amides is 1. The van der Waals surface area contributed by atoms with E-state index in [9.17, 15) is 4.79 Å². The van der Waals surface area contributed by atoms with Crippen LogP contribution in [0.25, 0.3) is 0 Å². The van der Waals surface area contributed by atoms with Crippen LogP contribution in [0.4, 0.5) is 0 Å². The highest BCUT2D eigenvalue weighted by atomic mass is 35.5. The van der Waals surface area contributed by atoms with Gasteiger partial charge in [0.2, 0.25) is 0 Å². The Hall–Kier alpha value is -1.03. The number of aryl methyl sites for hydroxylation is 1. The Morgan fingerprint density at radius 2 is 2.12 bits per heavy atom. The van der Waals surface area contributed by atoms with Crippen LogP contribution >= 0.6 is 11.6 Å². The van der Waals surface area contributed by atoms with Gasteiger partial charge in [0.05, 0.1) is 17.3 Å². The lowest BCUT2D eigenvalue weighted by molar-refractivity contribution is 0.0902. The molecule has 96 valence electrons. The van der Waals surface area contributed by atoms with Gasteiger partial charge in [-0.3, -0.25) is 9.48 Å². The summed E-state index contributed by atoms with van der Waals surface area (Å²) in [4.78, 5) is 12.1. The van der Waals surface area contributed by atoms with Crippen molar-refractivity contribution in [3.63, 3.8) is 0 Å². The van der Waals surface area contributed by atoms with Crippen LogP contribution in [-0.4, -0.2) is 27.1 Å². The van der Waals surface area contributed by atoms with Gasteiger partial charge in [-0.15, -0.1) is 11.6 Å². The maximum absolute atomic E-state index is 12.1. The topological polar surface area (TPSA) is 46.9 Å². The predicted octanol–water partition coefficient (Wildman–Crippen LogP) is 2.26. The Labute approximate surface area is 107 Å². The molecule has 5 heteroatoms. The molecular weight excluding hydrogens is 238 g/mol. The summed E-state index contributed by atoms with van der Waals surface area (Å²) in [7, 11) is 1.82. The van der Waals surface area contributed by atoms with Gasteiger partial charge >= 0.3 is 0 Å². The second-order valence-electron chi connectivity index (χ2n) is 4.34. The summed E-state index contributed by atoms with van der Waals surface area (Å²) in [5.74, 6) is 0.324. The first kappa shape index (κ1) is 14.0. The number of halogens is 1. The van der Waals surface area contributed by atoms with Gasteiger partial charge in [0.25, 0.3) is 5.91 Å². The van der Waals surface area contributed by atoms with Crippen molar-refractivity contribution < 1.29 is 4.79 Å². The van der Waals surface area contributed by atoms with Gasteiger partial charge in [-0.2, -0.15) is 5.10 Å². The van der Waals surface area contributed by atoms with E-state index in [1.165, 1.54) is 0 Å². The molecule has 0 saturated heterocycles. The van der Waals surface area contributed by atoms with Crippen LogP contribution in [0.5, 0.6) is 0 Å². The highest BCUT2D eigenvalue weighted by Crippen LogP contribution is 2.18. The van der Waals surface area contributed by atoms with Crippen LogP contribution in [0.1, 0.15) is 42.7 Å². The van der Waals surface area contributed by atoms with Crippen molar-refractivity contribution in [2.24, 2.45) is 7.05 Å². The van der Waals surface area contributed by atoms with E-state index in [4.69, 9.17) is 11.6 Å². The lowest BCUT2D eigenvalue weighted by Gasteiger charge is -2.30. The van der Waals surface area contributed by atoms with Gasteiger partial charge < -0.3 is 5.32 Å². The molecule has 0 aromatic carbocycles. The summed E-state index contributed by atoms with van der Waals surface area (Å²) >= 11 is 5.97. The number of nitrogens with zero attached hydrogens (tertiary/aromatic N) is 2. The Morgan fingerprint density at radius 3 is 2.47 bits per heavy atom. The third-order valence-electron chi connectivity index (χ3n) is 3.47. The van der Waals surface area contributed by atoms with Crippen molar-refractivity contribution in [2.75, 3.05) is 5.88 Å². The van der Waals surface area contributed by atoms with E-state index in [2.05, 4.69) is 10.4 Å². The minimum absolute atomic E-state index is 0.0973. The molecule has 0 bridgehead atoms. The summed E-state index contributed by atoms with van der Waals surface area (Å²) in [6, 6.07) is 0. The Balaban J connectivity index is 2.88. The molecule has 0 radical (unpaired) electrons. The van der Waals surface area contributed by atoms with Gasteiger partial charge in [0.1, 0.15) is 0 Å². The first-order chi connectivity index (χ1) is 7.99. The number of hydrogen-bond donors (Lipinski definition) is 1. The zero-order valence-electron chi connectivity index (χ0n) is 10.9. The summed E-state index contributed by atoms with van der Waals surface area (Å²) < 4.78 is 1.69. The molecule has 1 amide bonds. The average molecular weight is 258 g/mol. The maximum Gasteiger partial charge on any atom is 0.255 e. The van der Waals surface area contributed by atoms with Crippen LogP contribution < -0.4 is 5.32 Å². The maximum atomic E-state index is 12.1. The predicted molar refractivity (Wildman–Crippen MR) is 69.4 cm³/mol. The van der Waals surface area contributed by atoms with Crippen molar-refractivity contribution in [2.45, 2.75) is 39.2 Å². The molecule has 1 rings (SSSR count). The summed E-state index contributed by atoms with van der Waals surface area (Å²) in [5, 5.41) is 7.09. The Kier molecular flexibility index (Phi) is 4.57. The van der Waals surface area contributed by atoms with Crippen molar-refractivity contribution in [3.05, 3.63) is 17.5 Å². The largest absolute Gasteiger partial charge is 0.345 e. The fraction of sp³-hybridized carbons (Fsp3) is 0.667. The lowest BCUT2D eigenvalue weighted by Crippen LogP contribution is -2.49. The van der Waals surface area contributed by atoms with Crippen LogP contribution in [-0.2, 0) is 7.05 Å². The molecule has 1 aromatic rings. The van der Waals surface area contributed by atoms with E-state index in [0.29, 0.717) is 11.4 Å². The van der Waals surface area contributed by atoms with Gasteiger partial charge in [-0.25, -0.2) is 0 Å². The lowest BCUT2D eigenvalue weighted by atomic mass is 9.95. The number of aromatic nitrogens is 2. The molecule has 1 heterocycles. The molecule has 4 nitrogen and oxygen atoms in total. The molecule has 0 spiro atoms. The molecule has 0 saturated carbocycles. The third-order valence-corrected chi connectivity index (χ3v) is 3.98. The van der Waals surface area contributed by atoms with E-state index < -0.39 is 0 Å². The highest BCUT2D eigenvalue weighted by Gasteiger charge is 2.28. The van der Waals surface area contributed by atoms with E-state index in [0.717, 1.165) is 18.5 Å². The van der Waals surface area contributed by atoms with Crippen molar-refractivity contribution in [3.8, 4) is 0 Å². The zero-order chi connectivity index (χ0) is 13.1. The van der Waals surface area contributed by atoms with Gasteiger partial charge in [-0.05, 0) is 19.8 Å². The monoisotopic (exact) mass is 257 g/mol. The van der Waals surface area contributed by atoms with Crippen molar-refractivity contribution in [1.29, 1.82) is 0 Å². The van der Waals surface area contributed by atoms with Gasteiger partial charge in [0, 0.05) is 18.6 Å². The number of carbonyl (C=O) groups excluding carboxylic acids is 1. The Bertz CT molecular complexity index is 388. The molecular formula is C12H20ClN3O. The SMILES string of the molecule is CCC(CC)(CCl)NC(=O)c1cnn(C)c1C. The van der Waals surface area contributed by atoms with Gasteiger partial charge in [-0.1, -0.05) is 13.8 Å². The minimum atomic E-state index is -0.319. The van der Waals surface area contributed by atoms with Gasteiger partial charge in [0.15, 0.2) is 0 Å². The number of nitrogens with one attached hydrogen (secondary N) is 1. The van der Waals surface area contributed by atoms with Crippen molar-refractivity contribution >= 4 is 17.5 Å². The molecule has 1 aromatic heterocycles. The first-order valence-electron chi connectivity index (χ1n) is 5.86. The summed E-state index contributed by atoms with van der Waals surface area (Å²) in [6.07, 6.45) is 3.23. The molecule has 0 atom stereocenters. The number of hydrogen-bond acceptors (Lipinski definition) is 2. The third kappa shape index (κ3) is 2.80. The van der Waals surface area contributed by atoms with Crippen LogP contribution in [0.15, 0.2) is 6.20 Å². The smallest absolute Gasteiger partial charge is 0.255 e. The normalized spacial score (nSPS) is 11.6. The molecule has 17 heavy (non-hydrogen) atoms. The fourth-order valence-electron chi connectivity index (χ4n) is 1.68. The Morgan fingerprint density at radius 1 is 1.53 bits per heavy atom. The fourth-order valence-corrected chi connectivity index (χ4v) is 2.12. The van der Waals surface area contributed by atoms with E-state index in [1.54, 1.807) is 10.9 Å². The number of carbonyl (C=O) groups is 1. The molecule has 0 fully saturated rings. The molecule has 0 unspecified atom stereocenters. The molecule has 0 aliphatic carbocycles. The van der Waals surface area contributed by atoms with Crippen LogP contribution in [0, 0.1) is 6.92 Å². The number of rotatable bonds is 5. The highest BCUT2D eigenvalue weighted by molar-refractivity contribution is 6.19. The first-order valence-corrected chi connectivity index (χ1v) is 6.40. The summed E-state index contributed by atoms with van der Waals surface area (Å²) in [5.41, 5.74) is 1.16. The molecule has 0 aliphatic rings. The zero-order valence-corrected chi connectivity index (χ0v) is 11.6. The van der Waals surface area contributed by atoms with E-state index in [-0.39, 0.29) is 11.4 Å². The standard InChI is InChI=1S/C12H20ClN3O/c1-5-12(6-2,8-13)15-11(17)10-7-14-16(4)9(10)3/h7H,5-6,8H2,1-4H3,(H,15,17). The second-order valence-corrected chi connectivity index (χ2v) is 4.61.